The Balaban J connectivity index is 1.63. The minimum absolute atomic E-state index is 0.0266. The average Bonchev–Trinajstić information content (AvgIpc) is 3.45. The van der Waals surface area contributed by atoms with Crippen molar-refractivity contribution in [1.29, 1.82) is 0 Å². The van der Waals surface area contributed by atoms with Gasteiger partial charge in [0, 0.05) is 35.6 Å². The summed E-state index contributed by atoms with van der Waals surface area (Å²) in [4.78, 5) is 12.1. The van der Waals surface area contributed by atoms with Gasteiger partial charge in [0.05, 0.1) is 10.7 Å². The molecule has 0 aliphatic carbocycles. The molecule has 5 rings (SSSR count). The number of rotatable bonds is 4. The highest BCUT2D eigenvalue weighted by molar-refractivity contribution is 8.14. The fourth-order valence-electron chi connectivity index (χ4n) is 4.18. The Morgan fingerprint density at radius 3 is 2.86 bits per heavy atom. The molecule has 3 atom stereocenters. The van der Waals surface area contributed by atoms with Crippen LogP contribution in [0, 0.1) is 5.82 Å². The number of aromatic nitrogens is 2. The molecule has 4 heterocycles. The van der Waals surface area contributed by atoms with Crippen LogP contribution < -0.4 is 0 Å². The summed E-state index contributed by atoms with van der Waals surface area (Å²) in [6.45, 7) is 2.22. The zero-order valence-electron chi connectivity index (χ0n) is 15.9. The molecule has 0 amide bonds. The van der Waals surface area contributed by atoms with Gasteiger partial charge in [-0.2, -0.15) is 0 Å². The molecular weight excluding hydrogens is 407 g/mol. The van der Waals surface area contributed by atoms with Crippen molar-refractivity contribution >= 4 is 28.5 Å². The number of fused-ring (bicyclic) bond motifs is 1. The fourth-order valence-corrected chi connectivity index (χ4v) is 5.69. The van der Waals surface area contributed by atoms with Gasteiger partial charge in [-0.1, -0.05) is 36.4 Å². The van der Waals surface area contributed by atoms with Crippen molar-refractivity contribution in [1.82, 2.24) is 14.5 Å². The molecule has 3 aromatic rings. The number of pyridine rings is 1. The zero-order valence-corrected chi connectivity index (χ0v) is 17.4. The average molecular weight is 427 g/mol. The second-order valence-electron chi connectivity index (χ2n) is 7.24. The molecule has 0 unspecified atom stereocenters. The van der Waals surface area contributed by atoms with Crippen LogP contribution in [0.1, 0.15) is 36.8 Å². The Bertz CT molecular complexity index is 1070. The molecule has 2 aromatic heterocycles. The number of benzene rings is 1. The largest absolute Gasteiger partial charge is 0.337 e. The standard InChI is InChI=1S/C22H20ClFN4S/c1-2-14-13-29-22-26-20(18-6-3-4-10-25-18)21(28(14)22)19-7-5-11-27(19)15-8-9-17(24)16(23)12-15/h3-12,14,20-21H,2,13H2,1H3/t14-,20+,21+/m1/s1. The predicted octanol–water partition coefficient (Wildman–Crippen LogP) is 5.64. The molecule has 0 N–H and O–H groups in total. The molecular formula is C22H20ClFN4S. The van der Waals surface area contributed by atoms with E-state index in [1.54, 1.807) is 12.1 Å². The molecule has 4 nitrogen and oxygen atoms in total. The molecule has 148 valence electrons. The minimum atomic E-state index is -0.413. The summed E-state index contributed by atoms with van der Waals surface area (Å²) in [5.74, 6) is 0.632. The number of nitrogens with zero attached hydrogens (tertiary/aromatic N) is 4. The highest BCUT2D eigenvalue weighted by Gasteiger charge is 2.46. The molecule has 1 fully saturated rings. The van der Waals surface area contributed by atoms with E-state index in [-0.39, 0.29) is 17.1 Å². The topological polar surface area (TPSA) is 33.4 Å². The van der Waals surface area contributed by atoms with E-state index in [0.29, 0.717) is 6.04 Å². The lowest BCUT2D eigenvalue weighted by Gasteiger charge is -2.32. The summed E-state index contributed by atoms with van der Waals surface area (Å²) in [6.07, 6.45) is 4.87. The number of halogens is 2. The van der Waals surface area contributed by atoms with Gasteiger partial charge < -0.3 is 9.47 Å². The van der Waals surface area contributed by atoms with Gasteiger partial charge in [-0.25, -0.2) is 4.39 Å². The van der Waals surface area contributed by atoms with Crippen LogP contribution in [0.15, 0.2) is 65.9 Å². The fraction of sp³-hybridized carbons (Fsp3) is 0.273. The van der Waals surface area contributed by atoms with E-state index < -0.39 is 5.82 Å². The number of hydrogen-bond acceptors (Lipinski definition) is 4. The molecule has 7 heteroatoms. The van der Waals surface area contributed by atoms with E-state index in [2.05, 4.69) is 27.4 Å². The molecule has 0 saturated carbocycles. The Morgan fingerprint density at radius 1 is 1.21 bits per heavy atom. The lowest BCUT2D eigenvalue weighted by molar-refractivity contribution is 0.249. The van der Waals surface area contributed by atoms with Crippen molar-refractivity contribution < 1.29 is 4.39 Å². The van der Waals surface area contributed by atoms with Gasteiger partial charge >= 0.3 is 0 Å². The van der Waals surface area contributed by atoms with Crippen LogP contribution in [0.2, 0.25) is 5.02 Å². The third-order valence-electron chi connectivity index (χ3n) is 5.59. The zero-order chi connectivity index (χ0) is 20.0. The quantitative estimate of drug-likeness (QED) is 0.541. The summed E-state index contributed by atoms with van der Waals surface area (Å²) >= 11 is 7.89. The maximum absolute atomic E-state index is 13.7. The van der Waals surface area contributed by atoms with Crippen LogP contribution in [0.4, 0.5) is 4.39 Å². The van der Waals surface area contributed by atoms with Gasteiger partial charge in [0.1, 0.15) is 17.9 Å². The monoisotopic (exact) mass is 426 g/mol. The predicted molar refractivity (Wildman–Crippen MR) is 116 cm³/mol. The summed E-state index contributed by atoms with van der Waals surface area (Å²) in [7, 11) is 0. The van der Waals surface area contributed by atoms with Crippen molar-refractivity contribution in [2.75, 3.05) is 5.75 Å². The third kappa shape index (κ3) is 3.15. The molecule has 2 aliphatic rings. The summed E-state index contributed by atoms with van der Waals surface area (Å²) in [5.41, 5.74) is 2.90. The SMILES string of the molecule is CC[C@@H]1CSC2=N[C@@H](c3ccccn3)[C@H](c3cccn3-c3ccc(F)c(Cl)c3)N21. The lowest BCUT2D eigenvalue weighted by Crippen LogP contribution is -2.36. The summed E-state index contributed by atoms with van der Waals surface area (Å²) < 4.78 is 15.8. The first kappa shape index (κ1) is 18.7. The van der Waals surface area contributed by atoms with Gasteiger partial charge in [0.2, 0.25) is 0 Å². The summed E-state index contributed by atoms with van der Waals surface area (Å²) in [6, 6.07) is 15.3. The van der Waals surface area contributed by atoms with Crippen LogP contribution >= 0.6 is 23.4 Å². The lowest BCUT2D eigenvalue weighted by atomic mass is 9.99. The number of thioether (sulfide) groups is 1. The summed E-state index contributed by atoms with van der Waals surface area (Å²) in [5, 5.41) is 1.21. The van der Waals surface area contributed by atoms with Gasteiger partial charge in [-0.15, -0.1) is 0 Å². The maximum atomic E-state index is 13.7. The first-order chi connectivity index (χ1) is 14.2. The van der Waals surface area contributed by atoms with Crippen molar-refractivity contribution in [3.8, 4) is 5.69 Å². The smallest absolute Gasteiger partial charge is 0.160 e. The molecule has 0 radical (unpaired) electrons. The Labute approximate surface area is 178 Å². The second-order valence-corrected chi connectivity index (χ2v) is 8.63. The third-order valence-corrected chi connectivity index (χ3v) is 7.01. The highest BCUT2D eigenvalue weighted by Crippen LogP contribution is 2.48. The Morgan fingerprint density at radius 2 is 2.10 bits per heavy atom. The molecule has 1 aromatic carbocycles. The van der Waals surface area contributed by atoms with Gasteiger partial charge in [0.15, 0.2) is 5.17 Å². The first-order valence-electron chi connectivity index (χ1n) is 9.70. The van der Waals surface area contributed by atoms with Crippen molar-refractivity contribution in [3.63, 3.8) is 0 Å². The number of hydrogen-bond donors (Lipinski definition) is 0. The molecule has 29 heavy (non-hydrogen) atoms. The van der Waals surface area contributed by atoms with Crippen LogP contribution in [0.5, 0.6) is 0 Å². The first-order valence-corrected chi connectivity index (χ1v) is 11.1. The van der Waals surface area contributed by atoms with Gasteiger partial charge in [0.25, 0.3) is 0 Å². The van der Waals surface area contributed by atoms with Crippen LogP contribution in [-0.2, 0) is 0 Å². The van der Waals surface area contributed by atoms with E-state index in [1.165, 1.54) is 6.07 Å². The molecule has 1 saturated heterocycles. The number of amidine groups is 1. The van der Waals surface area contributed by atoms with Crippen molar-refractivity contribution in [2.24, 2.45) is 4.99 Å². The van der Waals surface area contributed by atoms with Crippen LogP contribution in [-0.4, -0.2) is 31.4 Å². The van der Waals surface area contributed by atoms with E-state index in [4.69, 9.17) is 16.6 Å². The molecule has 0 bridgehead atoms. The van der Waals surface area contributed by atoms with E-state index in [9.17, 15) is 4.39 Å². The van der Waals surface area contributed by atoms with E-state index in [1.807, 2.05) is 48.4 Å². The Kier molecular flexibility index (Phi) is 4.84. The molecule has 0 spiro atoms. The second kappa shape index (κ2) is 7.50. The van der Waals surface area contributed by atoms with E-state index >= 15 is 0 Å². The normalized spacial score (nSPS) is 23.3. The van der Waals surface area contributed by atoms with Crippen LogP contribution in [0.3, 0.4) is 0 Å². The minimum Gasteiger partial charge on any atom is -0.337 e. The Hall–Kier alpha value is -2.31. The van der Waals surface area contributed by atoms with Crippen LogP contribution in [0.25, 0.3) is 5.69 Å². The number of aliphatic imine (C=N–C) groups is 1. The van der Waals surface area contributed by atoms with Gasteiger partial charge in [-0.05, 0) is 48.9 Å². The van der Waals surface area contributed by atoms with Crippen molar-refractivity contribution in [3.05, 3.63) is 83.2 Å². The molecule has 2 aliphatic heterocycles. The maximum Gasteiger partial charge on any atom is 0.160 e. The van der Waals surface area contributed by atoms with Crippen molar-refractivity contribution in [2.45, 2.75) is 31.5 Å². The highest BCUT2D eigenvalue weighted by atomic mass is 35.5. The van der Waals surface area contributed by atoms with Gasteiger partial charge in [-0.3, -0.25) is 9.98 Å². The van der Waals surface area contributed by atoms with E-state index in [0.717, 1.165) is 34.4 Å².